The first kappa shape index (κ1) is 11.4. The number of aryl methyl sites for hydroxylation is 1. The van der Waals surface area contributed by atoms with E-state index in [1.807, 2.05) is 0 Å². The predicted octanol–water partition coefficient (Wildman–Crippen LogP) is 3.65. The van der Waals surface area contributed by atoms with E-state index < -0.39 is 0 Å². The van der Waals surface area contributed by atoms with Gasteiger partial charge in [0, 0.05) is 11.8 Å². The van der Waals surface area contributed by atoms with Crippen LogP contribution in [0, 0.1) is 0 Å². The molecule has 16 heavy (non-hydrogen) atoms. The van der Waals surface area contributed by atoms with Gasteiger partial charge in [0.2, 0.25) is 0 Å². The lowest BCUT2D eigenvalue weighted by Crippen LogP contribution is -2.06. The van der Waals surface area contributed by atoms with E-state index in [-0.39, 0.29) is 5.41 Å². The number of benzene rings is 1. The molecule has 86 valence electrons. The zero-order chi connectivity index (χ0) is 11.4. The Labute approximate surface area is 97.9 Å². The molecule has 1 nitrogen and oxygen atoms in total. The van der Waals surface area contributed by atoms with Crippen LogP contribution >= 0.6 is 0 Å². The van der Waals surface area contributed by atoms with Gasteiger partial charge in [-0.1, -0.05) is 37.6 Å². The van der Waals surface area contributed by atoms with Crippen LogP contribution in [0.15, 0.2) is 24.3 Å². The molecule has 1 aromatic rings. The van der Waals surface area contributed by atoms with Crippen LogP contribution in [0.2, 0.25) is 0 Å². The average Bonchev–Trinajstić information content (AvgIpc) is 3.09. The van der Waals surface area contributed by atoms with Crippen molar-refractivity contribution in [2.75, 3.05) is 0 Å². The van der Waals surface area contributed by atoms with Gasteiger partial charge >= 0.3 is 0 Å². The fourth-order valence-electron chi connectivity index (χ4n) is 2.33. The van der Waals surface area contributed by atoms with Gasteiger partial charge in [-0.25, -0.2) is 0 Å². The third-order valence-corrected chi connectivity index (χ3v) is 3.71. The minimum atomic E-state index is 0.213. The molecule has 1 heteroatoms. The molecule has 0 aliphatic heterocycles. The Bertz CT molecular complexity index is 346. The molecule has 0 spiro atoms. The van der Waals surface area contributed by atoms with E-state index in [2.05, 4.69) is 31.2 Å². The Morgan fingerprint density at radius 3 is 2.44 bits per heavy atom. The van der Waals surface area contributed by atoms with Gasteiger partial charge in [-0.2, -0.15) is 0 Å². The molecule has 1 aliphatic rings. The minimum Gasteiger partial charge on any atom is -0.303 e. The predicted molar refractivity (Wildman–Crippen MR) is 66.6 cm³/mol. The summed E-state index contributed by atoms with van der Waals surface area (Å²) in [6.07, 6.45) is 7.81. The highest BCUT2D eigenvalue weighted by atomic mass is 16.1. The standard InChI is InChI=1S/C15H20O/c1-2-3-4-13-5-7-14(8-6-13)15(9-10-15)11-12-16/h5-8,12H,2-4,9-11H2,1H3. The van der Waals surface area contributed by atoms with Crippen LogP contribution in [0.1, 0.15) is 50.2 Å². The lowest BCUT2D eigenvalue weighted by molar-refractivity contribution is -0.108. The number of unbranched alkanes of at least 4 members (excludes halogenated alkanes) is 1. The van der Waals surface area contributed by atoms with E-state index in [0.29, 0.717) is 6.42 Å². The second-order valence-electron chi connectivity index (χ2n) is 4.95. The summed E-state index contributed by atoms with van der Waals surface area (Å²) in [5.74, 6) is 0. The van der Waals surface area contributed by atoms with Crippen molar-refractivity contribution in [1.82, 2.24) is 0 Å². The summed E-state index contributed by atoms with van der Waals surface area (Å²) in [4.78, 5) is 10.6. The van der Waals surface area contributed by atoms with Crippen LogP contribution in [0.3, 0.4) is 0 Å². The molecule has 1 aromatic carbocycles. The minimum absolute atomic E-state index is 0.213. The average molecular weight is 216 g/mol. The van der Waals surface area contributed by atoms with Crippen molar-refractivity contribution in [3.8, 4) is 0 Å². The molecule has 0 atom stereocenters. The first-order valence-electron chi connectivity index (χ1n) is 6.34. The molecule has 1 fully saturated rings. The van der Waals surface area contributed by atoms with Gasteiger partial charge in [0.05, 0.1) is 0 Å². The number of hydrogen-bond acceptors (Lipinski definition) is 1. The summed E-state index contributed by atoms with van der Waals surface area (Å²) >= 11 is 0. The van der Waals surface area contributed by atoms with Crippen molar-refractivity contribution in [2.24, 2.45) is 0 Å². The van der Waals surface area contributed by atoms with Crippen LogP contribution in [0.5, 0.6) is 0 Å². The second-order valence-corrected chi connectivity index (χ2v) is 4.95. The van der Waals surface area contributed by atoms with E-state index in [1.165, 1.54) is 43.2 Å². The maximum Gasteiger partial charge on any atom is 0.120 e. The third-order valence-electron chi connectivity index (χ3n) is 3.71. The Balaban J connectivity index is 2.04. The van der Waals surface area contributed by atoms with Crippen molar-refractivity contribution < 1.29 is 4.79 Å². The van der Waals surface area contributed by atoms with Gasteiger partial charge in [0.15, 0.2) is 0 Å². The van der Waals surface area contributed by atoms with E-state index in [1.54, 1.807) is 0 Å². The number of carbonyl (C=O) groups excluding carboxylic acids is 1. The Morgan fingerprint density at radius 2 is 1.94 bits per heavy atom. The lowest BCUT2D eigenvalue weighted by Gasteiger charge is -2.12. The second kappa shape index (κ2) is 4.82. The molecule has 0 heterocycles. The Morgan fingerprint density at radius 1 is 1.25 bits per heavy atom. The van der Waals surface area contributed by atoms with E-state index in [4.69, 9.17) is 0 Å². The summed E-state index contributed by atoms with van der Waals surface area (Å²) in [6, 6.07) is 8.91. The van der Waals surface area contributed by atoms with Gasteiger partial charge < -0.3 is 4.79 Å². The summed E-state index contributed by atoms with van der Waals surface area (Å²) in [7, 11) is 0. The van der Waals surface area contributed by atoms with Gasteiger partial charge in [-0.3, -0.25) is 0 Å². The van der Waals surface area contributed by atoms with Crippen LogP contribution in [-0.2, 0) is 16.6 Å². The summed E-state index contributed by atoms with van der Waals surface area (Å²) < 4.78 is 0. The zero-order valence-electron chi connectivity index (χ0n) is 10.0. The molecule has 0 bridgehead atoms. The van der Waals surface area contributed by atoms with Crippen LogP contribution in [0.4, 0.5) is 0 Å². The van der Waals surface area contributed by atoms with E-state index >= 15 is 0 Å². The SMILES string of the molecule is CCCCc1ccc(C2(CC=O)CC2)cc1. The molecule has 0 N–H and O–H groups in total. The quantitative estimate of drug-likeness (QED) is 0.663. The highest BCUT2D eigenvalue weighted by molar-refractivity contribution is 5.55. The number of aldehydes is 1. The fraction of sp³-hybridized carbons (Fsp3) is 0.533. The van der Waals surface area contributed by atoms with Crippen LogP contribution in [0.25, 0.3) is 0 Å². The maximum atomic E-state index is 10.6. The molecule has 0 radical (unpaired) electrons. The normalized spacial score (nSPS) is 17.1. The molecule has 0 aromatic heterocycles. The smallest absolute Gasteiger partial charge is 0.120 e. The van der Waals surface area contributed by atoms with Gasteiger partial charge in [-0.05, 0) is 36.8 Å². The monoisotopic (exact) mass is 216 g/mol. The zero-order valence-corrected chi connectivity index (χ0v) is 10.0. The van der Waals surface area contributed by atoms with Crippen LogP contribution in [-0.4, -0.2) is 6.29 Å². The molecule has 1 aliphatic carbocycles. The molecule has 2 rings (SSSR count). The molecule has 0 saturated heterocycles. The topological polar surface area (TPSA) is 17.1 Å². The highest BCUT2D eigenvalue weighted by Gasteiger charge is 2.43. The molecular weight excluding hydrogens is 196 g/mol. The largest absolute Gasteiger partial charge is 0.303 e. The van der Waals surface area contributed by atoms with Crippen molar-refractivity contribution in [2.45, 2.75) is 50.9 Å². The summed E-state index contributed by atoms with van der Waals surface area (Å²) in [5, 5.41) is 0. The van der Waals surface area contributed by atoms with Gasteiger partial charge in [0.1, 0.15) is 6.29 Å². The van der Waals surface area contributed by atoms with E-state index in [9.17, 15) is 4.79 Å². The Hall–Kier alpha value is -1.11. The number of rotatable bonds is 6. The van der Waals surface area contributed by atoms with Crippen molar-refractivity contribution in [3.63, 3.8) is 0 Å². The molecule has 0 unspecified atom stereocenters. The fourth-order valence-corrected chi connectivity index (χ4v) is 2.33. The first-order chi connectivity index (χ1) is 7.80. The Kier molecular flexibility index (Phi) is 3.42. The molecule has 1 saturated carbocycles. The maximum absolute atomic E-state index is 10.6. The van der Waals surface area contributed by atoms with Crippen LogP contribution < -0.4 is 0 Å². The van der Waals surface area contributed by atoms with Crippen molar-refractivity contribution in [3.05, 3.63) is 35.4 Å². The molecular formula is C15H20O. The summed E-state index contributed by atoms with van der Waals surface area (Å²) in [6.45, 7) is 2.22. The number of hydrogen-bond donors (Lipinski definition) is 0. The van der Waals surface area contributed by atoms with Gasteiger partial charge in [-0.15, -0.1) is 0 Å². The lowest BCUT2D eigenvalue weighted by atomic mass is 9.92. The van der Waals surface area contributed by atoms with E-state index in [0.717, 1.165) is 6.29 Å². The number of carbonyl (C=O) groups is 1. The van der Waals surface area contributed by atoms with Crippen molar-refractivity contribution in [1.29, 1.82) is 0 Å². The highest BCUT2D eigenvalue weighted by Crippen LogP contribution is 2.50. The van der Waals surface area contributed by atoms with Crippen molar-refractivity contribution >= 4 is 6.29 Å². The van der Waals surface area contributed by atoms with Gasteiger partial charge in [0.25, 0.3) is 0 Å². The molecule has 0 amide bonds. The third kappa shape index (κ3) is 2.34. The first-order valence-corrected chi connectivity index (χ1v) is 6.34. The summed E-state index contributed by atoms with van der Waals surface area (Å²) in [5.41, 5.74) is 3.00.